The molecular formula is C23H22N6O3. The van der Waals surface area contributed by atoms with Gasteiger partial charge < -0.3 is 14.9 Å². The molecule has 0 fully saturated rings. The fourth-order valence-corrected chi connectivity index (χ4v) is 4.20. The highest BCUT2D eigenvalue weighted by Crippen LogP contribution is 2.31. The molecule has 3 aromatic heterocycles. The number of para-hydroxylation sites is 1. The SMILES string of the molecule is CCn1c2ccccc2c2cc(NC(=O)CCc3nc4c([nH]3)c(=O)[nH]c(=O)n4C)ccc21. The lowest BCUT2D eigenvalue weighted by molar-refractivity contribution is -0.116. The Morgan fingerprint density at radius 2 is 1.84 bits per heavy atom. The van der Waals surface area contributed by atoms with Crippen molar-refractivity contribution in [2.45, 2.75) is 26.3 Å². The minimum atomic E-state index is -0.530. The van der Waals surface area contributed by atoms with E-state index in [1.807, 2.05) is 30.3 Å². The fraction of sp³-hybridized carbons (Fsp3) is 0.217. The number of benzene rings is 2. The molecule has 0 atom stereocenters. The van der Waals surface area contributed by atoms with E-state index in [-0.39, 0.29) is 23.5 Å². The second-order valence-electron chi connectivity index (χ2n) is 7.74. The Bertz CT molecular complexity index is 1620. The number of H-pyrrole nitrogens is 2. The summed E-state index contributed by atoms with van der Waals surface area (Å²) in [6.45, 7) is 2.98. The maximum atomic E-state index is 12.6. The molecular weight excluding hydrogens is 408 g/mol. The summed E-state index contributed by atoms with van der Waals surface area (Å²) in [6, 6.07) is 14.2. The van der Waals surface area contributed by atoms with Crippen LogP contribution >= 0.6 is 0 Å². The average molecular weight is 430 g/mol. The van der Waals surface area contributed by atoms with Crippen molar-refractivity contribution in [2.24, 2.45) is 7.05 Å². The summed E-state index contributed by atoms with van der Waals surface area (Å²) in [5.74, 6) is 0.315. The van der Waals surface area contributed by atoms with Crippen LogP contribution in [0.25, 0.3) is 33.0 Å². The van der Waals surface area contributed by atoms with Crippen LogP contribution in [0, 0.1) is 0 Å². The Hall–Kier alpha value is -4.14. The number of anilines is 1. The minimum Gasteiger partial charge on any atom is -0.341 e. The van der Waals surface area contributed by atoms with Crippen LogP contribution in [0.5, 0.6) is 0 Å². The number of aryl methyl sites for hydroxylation is 3. The van der Waals surface area contributed by atoms with Crippen LogP contribution in [0.2, 0.25) is 0 Å². The van der Waals surface area contributed by atoms with E-state index in [9.17, 15) is 14.4 Å². The van der Waals surface area contributed by atoms with E-state index in [1.54, 1.807) is 0 Å². The van der Waals surface area contributed by atoms with Crippen LogP contribution < -0.4 is 16.6 Å². The first-order valence-corrected chi connectivity index (χ1v) is 10.4. The van der Waals surface area contributed by atoms with E-state index >= 15 is 0 Å². The van der Waals surface area contributed by atoms with Crippen molar-refractivity contribution in [1.29, 1.82) is 0 Å². The topological polar surface area (TPSA) is 118 Å². The number of aromatic amines is 2. The normalized spacial score (nSPS) is 11.6. The molecule has 9 heteroatoms. The van der Waals surface area contributed by atoms with E-state index in [0.717, 1.165) is 28.5 Å². The molecule has 162 valence electrons. The van der Waals surface area contributed by atoms with Gasteiger partial charge in [0, 0.05) is 53.9 Å². The molecule has 0 aliphatic rings. The van der Waals surface area contributed by atoms with Gasteiger partial charge >= 0.3 is 5.69 Å². The molecule has 0 saturated carbocycles. The number of rotatable bonds is 5. The summed E-state index contributed by atoms with van der Waals surface area (Å²) in [5, 5.41) is 5.20. The van der Waals surface area contributed by atoms with E-state index in [4.69, 9.17) is 0 Å². The van der Waals surface area contributed by atoms with Crippen LogP contribution in [-0.2, 0) is 24.8 Å². The summed E-state index contributed by atoms with van der Waals surface area (Å²) in [5.41, 5.74) is 2.47. The van der Waals surface area contributed by atoms with Crippen molar-refractivity contribution >= 4 is 44.6 Å². The maximum Gasteiger partial charge on any atom is 0.329 e. The Morgan fingerprint density at radius 1 is 1.06 bits per heavy atom. The van der Waals surface area contributed by atoms with Gasteiger partial charge in [-0.1, -0.05) is 18.2 Å². The van der Waals surface area contributed by atoms with Gasteiger partial charge in [0.25, 0.3) is 5.56 Å². The number of carbonyl (C=O) groups excluding carboxylic acids is 1. The van der Waals surface area contributed by atoms with Crippen molar-refractivity contribution in [3.05, 3.63) is 69.1 Å². The van der Waals surface area contributed by atoms with Crippen LogP contribution in [0.1, 0.15) is 19.2 Å². The molecule has 0 bridgehead atoms. The number of amides is 1. The number of carbonyl (C=O) groups is 1. The molecule has 5 rings (SSSR count). The molecule has 1 amide bonds. The molecule has 5 aromatic rings. The first kappa shape index (κ1) is 19.8. The molecule has 0 saturated heterocycles. The smallest absolute Gasteiger partial charge is 0.329 e. The van der Waals surface area contributed by atoms with Crippen molar-refractivity contribution in [1.82, 2.24) is 24.1 Å². The highest BCUT2D eigenvalue weighted by Gasteiger charge is 2.13. The number of imidazole rings is 1. The molecule has 0 spiro atoms. The first-order valence-electron chi connectivity index (χ1n) is 10.4. The highest BCUT2D eigenvalue weighted by molar-refractivity contribution is 6.09. The summed E-state index contributed by atoms with van der Waals surface area (Å²) >= 11 is 0. The van der Waals surface area contributed by atoms with Crippen LogP contribution in [0.3, 0.4) is 0 Å². The predicted octanol–water partition coefficient (Wildman–Crippen LogP) is 2.65. The monoisotopic (exact) mass is 430 g/mol. The van der Waals surface area contributed by atoms with E-state index in [2.05, 4.69) is 43.9 Å². The molecule has 2 aromatic carbocycles. The van der Waals surface area contributed by atoms with E-state index < -0.39 is 11.2 Å². The zero-order valence-corrected chi connectivity index (χ0v) is 17.7. The molecule has 0 radical (unpaired) electrons. The standard InChI is InChI=1S/C23H22N6O3/c1-3-29-16-7-5-4-6-14(16)15-12-13(8-9-17(15)29)24-19(30)11-10-18-25-20-21(26-18)28(2)23(32)27-22(20)31/h4-9,12H,3,10-11H2,1-2H3,(H,24,30)(H,25,26)(H,27,31,32). The molecule has 3 N–H and O–H groups in total. The maximum absolute atomic E-state index is 12.6. The third kappa shape index (κ3) is 3.18. The number of aromatic nitrogens is 5. The lowest BCUT2D eigenvalue weighted by atomic mass is 10.1. The van der Waals surface area contributed by atoms with Gasteiger partial charge in [-0.05, 0) is 31.2 Å². The van der Waals surface area contributed by atoms with Crippen LogP contribution in [-0.4, -0.2) is 30.0 Å². The highest BCUT2D eigenvalue weighted by atomic mass is 16.2. The Balaban J connectivity index is 1.36. The quantitative estimate of drug-likeness (QED) is 0.397. The molecule has 0 aliphatic carbocycles. The molecule has 0 unspecified atom stereocenters. The molecule has 3 heterocycles. The number of nitrogens with zero attached hydrogens (tertiary/aromatic N) is 3. The minimum absolute atomic E-state index is 0.160. The number of nitrogens with one attached hydrogen (secondary N) is 3. The van der Waals surface area contributed by atoms with Crippen molar-refractivity contribution < 1.29 is 4.79 Å². The number of hydrogen-bond acceptors (Lipinski definition) is 4. The fourth-order valence-electron chi connectivity index (χ4n) is 4.20. The Morgan fingerprint density at radius 3 is 2.66 bits per heavy atom. The van der Waals surface area contributed by atoms with Gasteiger partial charge in [0.2, 0.25) is 5.91 Å². The summed E-state index contributed by atoms with van der Waals surface area (Å²) in [6.07, 6.45) is 0.492. The largest absolute Gasteiger partial charge is 0.341 e. The van der Waals surface area contributed by atoms with Crippen LogP contribution in [0.15, 0.2) is 52.1 Å². The lowest BCUT2D eigenvalue weighted by Crippen LogP contribution is -2.28. The van der Waals surface area contributed by atoms with Gasteiger partial charge in [-0.15, -0.1) is 0 Å². The summed E-state index contributed by atoms with van der Waals surface area (Å²) < 4.78 is 3.52. The second-order valence-corrected chi connectivity index (χ2v) is 7.74. The number of hydrogen-bond donors (Lipinski definition) is 3. The summed E-state index contributed by atoms with van der Waals surface area (Å²) in [4.78, 5) is 45.7. The molecule has 9 nitrogen and oxygen atoms in total. The van der Waals surface area contributed by atoms with Crippen molar-refractivity contribution in [3.8, 4) is 0 Å². The van der Waals surface area contributed by atoms with Gasteiger partial charge in [-0.25, -0.2) is 9.78 Å². The van der Waals surface area contributed by atoms with Gasteiger partial charge in [0.05, 0.1) is 0 Å². The Kier molecular flexibility index (Phi) is 4.66. The summed E-state index contributed by atoms with van der Waals surface area (Å²) in [7, 11) is 1.53. The van der Waals surface area contributed by atoms with E-state index in [1.165, 1.54) is 17.1 Å². The number of fused-ring (bicyclic) bond motifs is 4. The Labute approximate surface area is 181 Å². The third-order valence-corrected chi connectivity index (χ3v) is 5.76. The van der Waals surface area contributed by atoms with Crippen LogP contribution in [0.4, 0.5) is 5.69 Å². The zero-order chi connectivity index (χ0) is 22.4. The zero-order valence-electron chi connectivity index (χ0n) is 17.7. The van der Waals surface area contributed by atoms with Gasteiger partial charge in [0.1, 0.15) is 11.3 Å². The third-order valence-electron chi connectivity index (χ3n) is 5.76. The average Bonchev–Trinajstić information content (AvgIpc) is 3.36. The van der Waals surface area contributed by atoms with Gasteiger partial charge in [-0.3, -0.25) is 19.1 Å². The lowest BCUT2D eigenvalue weighted by Gasteiger charge is -2.06. The van der Waals surface area contributed by atoms with Gasteiger partial charge in [0.15, 0.2) is 5.65 Å². The van der Waals surface area contributed by atoms with Crippen molar-refractivity contribution in [2.75, 3.05) is 5.32 Å². The predicted molar refractivity (Wildman–Crippen MR) is 124 cm³/mol. The van der Waals surface area contributed by atoms with E-state index in [0.29, 0.717) is 12.2 Å². The van der Waals surface area contributed by atoms with Gasteiger partial charge in [-0.2, -0.15) is 0 Å². The molecule has 32 heavy (non-hydrogen) atoms. The van der Waals surface area contributed by atoms with Crippen molar-refractivity contribution in [3.63, 3.8) is 0 Å². The second kappa shape index (κ2) is 7.52. The first-order chi connectivity index (χ1) is 15.5. The molecule has 0 aliphatic heterocycles.